The lowest BCUT2D eigenvalue weighted by molar-refractivity contribution is -0.163. The summed E-state index contributed by atoms with van der Waals surface area (Å²) >= 11 is 0. The first-order chi connectivity index (χ1) is 16.9. The Morgan fingerprint density at radius 2 is 1.71 bits per heavy atom. The first-order valence-corrected chi connectivity index (χ1v) is 11.9. The summed E-state index contributed by atoms with van der Waals surface area (Å²) in [5.74, 6) is 0.506. The van der Waals surface area contributed by atoms with Gasteiger partial charge in [-0.3, -0.25) is 9.59 Å². The molecule has 3 aromatic rings. The predicted octanol–water partition coefficient (Wildman–Crippen LogP) is 5.30. The highest BCUT2D eigenvalue weighted by Gasteiger charge is 2.56. The van der Waals surface area contributed by atoms with Gasteiger partial charge in [0.15, 0.2) is 5.82 Å². The molecule has 0 unspecified atom stereocenters. The van der Waals surface area contributed by atoms with Gasteiger partial charge in [-0.1, -0.05) is 30.3 Å². The molecule has 1 aromatic heterocycles. The highest BCUT2D eigenvalue weighted by Crippen LogP contribution is 2.61. The van der Waals surface area contributed by atoms with Crippen molar-refractivity contribution in [2.75, 3.05) is 23.5 Å². The number of benzene rings is 2. The Morgan fingerprint density at radius 3 is 2.40 bits per heavy atom. The van der Waals surface area contributed by atoms with Crippen molar-refractivity contribution in [3.05, 3.63) is 66.2 Å². The van der Waals surface area contributed by atoms with Gasteiger partial charge >= 0.3 is 5.97 Å². The number of nitrogen functional groups attached to an aromatic ring is 1. The second-order valence-corrected chi connectivity index (χ2v) is 9.88. The number of aromatic nitrogens is 1. The number of hydrogen-bond acceptors (Lipinski definition) is 6. The van der Waals surface area contributed by atoms with Gasteiger partial charge in [0.05, 0.1) is 24.4 Å². The average Bonchev–Trinajstić information content (AvgIpc) is 2.80. The monoisotopic (exact) mass is 470 g/mol. The molecule has 5 rings (SSSR count). The maximum absolute atomic E-state index is 12.8. The van der Waals surface area contributed by atoms with Crippen molar-refractivity contribution < 1.29 is 14.3 Å². The van der Waals surface area contributed by atoms with Crippen molar-refractivity contribution in [3.8, 4) is 11.3 Å². The Hall–Kier alpha value is -3.87. The molecule has 0 aliphatic heterocycles. The normalized spacial score (nSPS) is 22.6. The third-order valence-corrected chi connectivity index (χ3v) is 7.37. The van der Waals surface area contributed by atoms with Crippen LogP contribution in [0.2, 0.25) is 0 Å². The van der Waals surface area contributed by atoms with Crippen molar-refractivity contribution >= 4 is 34.8 Å². The molecule has 180 valence electrons. The smallest absolute Gasteiger partial charge is 0.308 e. The second kappa shape index (κ2) is 9.06. The van der Waals surface area contributed by atoms with E-state index in [2.05, 4.69) is 10.6 Å². The van der Waals surface area contributed by atoms with Crippen LogP contribution in [-0.2, 0) is 14.3 Å². The van der Waals surface area contributed by atoms with Gasteiger partial charge < -0.3 is 21.1 Å². The molecule has 0 saturated heterocycles. The maximum Gasteiger partial charge on any atom is 0.308 e. The predicted molar refractivity (Wildman–Crippen MR) is 137 cm³/mol. The number of hydrogen-bond donors (Lipinski definition) is 3. The maximum atomic E-state index is 12.8. The summed E-state index contributed by atoms with van der Waals surface area (Å²) in [4.78, 5) is 29.1. The molecule has 0 radical (unpaired) electrons. The van der Waals surface area contributed by atoms with E-state index in [1.165, 1.54) is 7.11 Å². The quantitative estimate of drug-likeness (QED) is 0.422. The highest BCUT2D eigenvalue weighted by atomic mass is 16.5. The Morgan fingerprint density at radius 1 is 1.00 bits per heavy atom. The third kappa shape index (κ3) is 4.58. The molecule has 2 saturated carbocycles. The van der Waals surface area contributed by atoms with E-state index in [1.807, 2.05) is 67.6 Å². The fourth-order valence-corrected chi connectivity index (χ4v) is 5.42. The van der Waals surface area contributed by atoms with Gasteiger partial charge in [0.1, 0.15) is 0 Å². The topological polar surface area (TPSA) is 106 Å². The molecular formula is C28H30N4O3. The van der Waals surface area contributed by atoms with Crippen LogP contribution in [0.1, 0.15) is 31.2 Å². The minimum absolute atomic E-state index is 0.00331. The Kier molecular flexibility index (Phi) is 5.93. The summed E-state index contributed by atoms with van der Waals surface area (Å²) in [5, 5.41) is 6.38. The molecule has 2 fully saturated rings. The van der Waals surface area contributed by atoms with Gasteiger partial charge in [0, 0.05) is 22.9 Å². The van der Waals surface area contributed by atoms with Crippen molar-refractivity contribution in [1.82, 2.24) is 4.98 Å². The number of nitrogens with one attached hydrogen (secondary N) is 2. The van der Waals surface area contributed by atoms with Crippen LogP contribution < -0.4 is 16.4 Å². The largest absolute Gasteiger partial charge is 0.469 e. The molecule has 2 aliphatic rings. The third-order valence-electron chi connectivity index (χ3n) is 7.37. The summed E-state index contributed by atoms with van der Waals surface area (Å²) in [6.45, 7) is 1.98. The second-order valence-electron chi connectivity index (χ2n) is 9.88. The number of nitrogens with two attached hydrogens (primary N) is 1. The zero-order chi connectivity index (χ0) is 24.6. The van der Waals surface area contributed by atoms with E-state index < -0.39 is 0 Å². The molecular weight excluding hydrogens is 440 g/mol. The number of carbonyl (C=O) groups excluding carboxylic acids is 2. The summed E-state index contributed by atoms with van der Waals surface area (Å²) in [7, 11) is 1.43. The molecule has 0 bridgehead atoms. The van der Waals surface area contributed by atoms with Crippen molar-refractivity contribution in [2.24, 2.45) is 17.3 Å². The van der Waals surface area contributed by atoms with Crippen LogP contribution in [0.3, 0.4) is 0 Å². The number of aryl methyl sites for hydroxylation is 1. The van der Waals surface area contributed by atoms with Crippen LogP contribution in [0.5, 0.6) is 0 Å². The van der Waals surface area contributed by atoms with Gasteiger partial charge in [-0.2, -0.15) is 0 Å². The fourth-order valence-electron chi connectivity index (χ4n) is 5.42. The number of rotatable bonds is 6. The van der Waals surface area contributed by atoms with Crippen LogP contribution in [-0.4, -0.2) is 24.0 Å². The van der Waals surface area contributed by atoms with E-state index in [9.17, 15) is 9.59 Å². The van der Waals surface area contributed by atoms with E-state index in [1.54, 1.807) is 0 Å². The standard InChI is InChI=1S/C28H30N4O3/c1-17-12-21(30-26(33)19-13-28(14-19)15-20(16-28)27(34)35-2)8-10-23(17)31-25-22(29)9-11-24(32-25)18-6-4-3-5-7-18/h3-12,19-20H,13-16,29H2,1-2H3,(H,30,33)(H,31,32). The molecule has 35 heavy (non-hydrogen) atoms. The number of methoxy groups -OCH3 is 1. The molecule has 2 aromatic carbocycles. The first-order valence-electron chi connectivity index (χ1n) is 11.9. The summed E-state index contributed by atoms with van der Waals surface area (Å²) in [6.07, 6.45) is 3.36. The number of nitrogens with zero attached hydrogens (tertiary/aromatic N) is 1. The zero-order valence-corrected chi connectivity index (χ0v) is 20.0. The van der Waals surface area contributed by atoms with E-state index in [0.29, 0.717) is 11.5 Å². The van der Waals surface area contributed by atoms with Gasteiger partial charge in [-0.05, 0) is 73.9 Å². The number of amides is 1. The Bertz CT molecular complexity index is 1260. The number of pyridine rings is 1. The molecule has 4 N–H and O–H groups in total. The molecule has 1 amide bonds. The lowest BCUT2D eigenvalue weighted by Gasteiger charge is -2.56. The molecule has 1 heterocycles. The van der Waals surface area contributed by atoms with E-state index in [-0.39, 0.29) is 29.1 Å². The van der Waals surface area contributed by atoms with Crippen molar-refractivity contribution in [1.29, 1.82) is 0 Å². The Labute approximate surface area is 205 Å². The average molecular weight is 471 g/mol. The number of ether oxygens (including phenoxy) is 1. The summed E-state index contributed by atoms with van der Waals surface area (Å²) in [6, 6.07) is 19.5. The molecule has 7 nitrogen and oxygen atoms in total. The van der Waals surface area contributed by atoms with Crippen molar-refractivity contribution in [3.63, 3.8) is 0 Å². The minimum atomic E-state index is -0.128. The molecule has 0 atom stereocenters. The van der Waals surface area contributed by atoms with Gasteiger partial charge in [-0.15, -0.1) is 0 Å². The van der Waals surface area contributed by atoms with E-state index in [0.717, 1.165) is 53.9 Å². The lowest BCUT2D eigenvalue weighted by atomic mass is 9.48. The van der Waals surface area contributed by atoms with Gasteiger partial charge in [-0.25, -0.2) is 4.98 Å². The van der Waals surface area contributed by atoms with Crippen LogP contribution in [0.15, 0.2) is 60.7 Å². The van der Waals surface area contributed by atoms with Crippen LogP contribution in [0.4, 0.5) is 22.9 Å². The molecule has 7 heteroatoms. The fraction of sp³-hybridized carbons (Fsp3) is 0.321. The first kappa shape index (κ1) is 22.9. The number of anilines is 4. The Balaban J connectivity index is 1.20. The van der Waals surface area contributed by atoms with Crippen molar-refractivity contribution in [2.45, 2.75) is 32.6 Å². The lowest BCUT2D eigenvalue weighted by Crippen LogP contribution is -2.52. The van der Waals surface area contributed by atoms with Crippen LogP contribution >= 0.6 is 0 Å². The van der Waals surface area contributed by atoms with Crippen LogP contribution in [0, 0.1) is 24.2 Å². The number of carbonyl (C=O) groups is 2. The summed E-state index contributed by atoms with van der Waals surface area (Å²) < 4.78 is 4.83. The van der Waals surface area contributed by atoms with Gasteiger partial charge in [0.2, 0.25) is 5.91 Å². The van der Waals surface area contributed by atoms with Crippen LogP contribution in [0.25, 0.3) is 11.3 Å². The minimum Gasteiger partial charge on any atom is -0.469 e. The SMILES string of the molecule is COC(=O)C1CC2(CC(C(=O)Nc3ccc(Nc4nc(-c5ccccc5)ccc4N)c(C)c3)C2)C1. The highest BCUT2D eigenvalue weighted by molar-refractivity contribution is 5.94. The molecule has 2 aliphatic carbocycles. The van der Waals surface area contributed by atoms with Gasteiger partial charge in [0.25, 0.3) is 0 Å². The number of esters is 1. The zero-order valence-electron chi connectivity index (χ0n) is 20.0. The molecule has 1 spiro atoms. The summed E-state index contributed by atoms with van der Waals surface area (Å²) in [5.41, 5.74) is 11.4. The van der Waals surface area contributed by atoms with E-state index >= 15 is 0 Å². The van der Waals surface area contributed by atoms with E-state index in [4.69, 9.17) is 15.5 Å².